The molecule has 0 radical (unpaired) electrons. The number of piperidine rings is 1. The molecule has 11 heteroatoms. The molecule has 2 fully saturated rings. The summed E-state index contributed by atoms with van der Waals surface area (Å²) in [6.45, 7) is 5.35. The molecule has 11 nitrogen and oxygen atoms in total. The van der Waals surface area contributed by atoms with Crippen LogP contribution in [0.4, 0.5) is 17.5 Å². The number of likely N-dealkylation sites (N-methyl/N-ethyl adjacent to an activating group) is 1. The molecule has 0 atom stereocenters. The van der Waals surface area contributed by atoms with Crippen molar-refractivity contribution >= 4 is 23.4 Å². The van der Waals surface area contributed by atoms with Crippen molar-refractivity contribution in [2.24, 2.45) is 5.92 Å². The summed E-state index contributed by atoms with van der Waals surface area (Å²) in [5.74, 6) is 2.88. The molecule has 0 unspecified atom stereocenters. The second kappa shape index (κ2) is 9.49. The predicted molar refractivity (Wildman–Crippen MR) is 124 cm³/mol. The summed E-state index contributed by atoms with van der Waals surface area (Å²) >= 11 is 0. The van der Waals surface area contributed by atoms with Gasteiger partial charge in [-0.1, -0.05) is 0 Å². The number of carbonyl (C=O) groups excluding carboxylic acids is 1. The lowest BCUT2D eigenvalue weighted by atomic mass is 9.96. The second-order valence-corrected chi connectivity index (χ2v) is 8.50. The zero-order valence-corrected chi connectivity index (χ0v) is 18.7. The minimum absolute atomic E-state index is 0.0118. The van der Waals surface area contributed by atoms with Gasteiger partial charge in [0.1, 0.15) is 18.0 Å². The van der Waals surface area contributed by atoms with Gasteiger partial charge in [-0.15, -0.1) is 10.2 Å². The molecule has 2 aliphatic heterocycles. The quantitative estimate of drug-likeness (QED) is 0.613. The number of nitrogens with one attached hydrogen (secondary N) is 1. The number of hydrogen-bond acceptors (Lipinski definition) is 9. The first-order valence-electron chi connectivity index (χ1n) is 11.3. The maximum atomic E-state index is 12.9. The van der Waals surface area contributed by atoms with Gasteiger partial charge in [0.15, 0.2) is 11.6 Å². The van der Waals surface area contributed by atoms with Crippen LogP contribution < -0.4 is 15.1 Å². The van der Waals surface area contributed by atoms with E-state index in [0.717, 1.165) is 63.7 Å². The number of carbonyl (C=O) groups is 1. The molecule has 1 N–H and O–H groups in total. The number of amides is 1. The summed E-state index contributed by atoms with van der Waals surface area (Å²) in [6.07, 6.45) is 6.58. The number of hydrogen-bond donors (Lipinski definition) is 1. The molecular formula is C22H28N10O. The minimum atomic E-state index is -0.0559. The van der Waals surface area contributed by atoms with Gasteiger partial charge in [-0.3, -0.25) is 4.79 Å². The molecular weight excluding hydrogens is 420 g/mol. The first-order chi connectivity index (χ1) is 16.2. The molecule has 0 aromatic carbocycles. The summed E-state index contributed by atoms with van der Waals surface area (Å²) in [5, 5.41) is 15.8. The van der Waals surface area contributed by atoms with E-state index in [1.165, 1.54) is 6.33 Å². The average Bonchev–Trinajstić information content (AvgIpc) is 3.40. The topological polar surface area (TPSA) is 108 Å². The van der Waals surface area contributed by atoms with Crippen LogP contribution in [0.1, 0.15) is 12.8 Å². The molecule has 5 heterocycles. The third-order valence-corrected chi connectivity index (χ3v) is 6.30. The molecule has 33 heavy (non-hydrogen) atoms. The van der Waals surface area contributed by atoms with Crippen molar-refractivity contribution in [1.29, 1.82) is 0 Å². The van der Waals surface area contributed by atoms with Crippen molar-refractivity contribution in [3.05, 3.63) is 43.0 Å². The number of rotatable bonds is 5. The van der Waals surface area contributed by atoms with Gasteiger partial charge in [0.2, 0.25) is 5.91 Å². The Bertz CT molecular complexity index is 1060. The van der Waals surface area contributed by atoms with Crippen LogP contribution in [0, 0.1) is 5.92 Å². The van der Waals surface area contributed by atoms with Gasteiger partial charge in [0, 0.05) is 63.6 Å². The van der Waals surface area contributed by atoms with Gasteiger partial charge in [-0.05, 0) is 38.1 Å². The Kier molecular flexibility index (Phi) is 6.11. The van der Waals surface area contributed by atoms with Gasteiger partial charge >= 0.3 is 0 Å². The average molecular weight is 449 g/mol. The van der Waals surface area contributed by atoms with E-state index < -0.39 is 0 Å². The molecule has 172 valence electrons. The standard InChI is InChI=1S/C22H28N10O/c1-29-11-13-31(14-12-29)21-15-18(23-16-24-21)26-22(33)17-5-9-30(10-6-17)19-3-4-20(28-27-19)32-8-2-7-25-32/h2-4,7-8,15-17H,5-6,9-14H2,1H3,(H,23,24,26,33). The van der Waals surface area contributed by atoms with Crippen LogP contribution in [0.15, 0.2) is 43.0 Å². The maximum absolute atomic E-state index is 12.9. The summed E-state index contributed by atoms with van der Waals surface area (Å²) in [4.78, 5) is 28.2. The Labute approximate surface area is 192 Å². The Hall–Kier alpha value is -3.60. The van der Waals surface area contributed by atoms with Crippen LogP contribution in [0.2, 0.25) is 0 Å². The van der Waals surface area contributed by atoms with Crippen molar-refractivity contribution in [3.8, 4) is 5.82 Å². The number of nitrogens with zero attached hydrogens (tertiary/aromatic N) is 9. The van der Waals surface area contributed by atoms with Crippen LogP contribution in [-0.2, 0) is 4.79 Å². The molecule has 2 aliphatic rings. The third-order valence-electron chi connectivity index (χ3n) is 6.30. The first-order valence-corrected chi connectivity index (χ1v) is 11.3. The van der Waals surface area contributed by atoms with E-state index in [-0.39, 0.29) is 11.8 Å². The van der Waals surface area contributed by atoms with Crippen molar-refractivity contribution in [1.82, 2.24) is 34.8 Å². The molecule has 5 rings (SSSR count). The molecule has 0 spiro atoms. The lowest BCUT2D eigenvalue weighted by Gasteiger charge is -2.33. The zero-order valence-electron chi connectivity index (χ0n) is 18.7. The Balaban J connectivity index is 1.15. The van der Waals surface area contributed by atoms with E-state index in [1.54, 1.807) is 10.9 Å². The summed E-state index contributed by atoms with van der Waals surface area (Å²) in [6, 6.07) is 7.57. The Morgan fingerprint density at radius 3 is 2.36 bits per heavy atom. The van der Waals surface area contributed by atoms with E-state index in [9.17, 15) is 4.79 Å². The van der Waals surface area contributed by atoms with Gasteiger partial charge in [0.05, 0.1) is 0 Å². The van der Waals surface area contributed by atoms with E-state index >= 15 is 0 Å². The molecule has 0 aliphatic carbocycles. The second-order valence-electron chi connectivity index (χ2n) is 8.50. The highest BCUT2D eigenvalue weighted by Crippen LogP contribution is 2.23. The molecule has 0 bridgehead atoms. The molecule has 0 saturated carbocycles. The van der Waals surface area contributed by atoms with Gasteiger partial charge < -0.3 is 20.0 Å². The Morgan fingerprint density at radius 1 is 0.939 bits per heavy atom. The number of piperazine rings is 1. The van der Waals surface area contributed by atoms with Crippen molar-refractivity contribution in [3.63, 3.8) is 0 Å². The fourth-order valence-electron chi connectivity index (χ4n) is 4.24. The van der Waals surface area contributed by atoms with Crippen LogP contribution in [-0.4, -0.2) is 87.1 Å². The number of anilines is 3. The fraction of sp³-hybridized carbons (Fsp3) is 0.455. The summed E-state index contributed by atoms with van der Waals surface area (Å²) in [5.41, 5.74) is 0. The number of aromatic nitrogens is 6. The van der Waals surface area contributed by atoms with Crippen LogP contribution in [0.3, 0.4) is 0 Å². The van der Waals surface area contributed by atoms with Gasteiger partial charge in [0.25, 0.3) is 0 Å². The van der Waals surface area contributed by atoms with Crippen LogP contribution in [0.25, 0.3) is 5.82 Å². The van der Waals surface area contributed by atoms with Crippen LogP contribution in [0.5, 0.6) is 0 Å². The van der Waals surface area contributed by atoms with E-state index in [0.29, 0.717) is 11.6 Å². The molecule has 3 aromatic heterocycles. The van der Waals surface area contributed by atoms with Crippen LogP contribution >= 0.6 is 0 Å². The highest BCUT2D eigenvalue weighted by atomic mass is 16.2. The van der Waals surface area contributed by atoms with E-state index in [1.807, 2.05) is 30.5 Å². The zero-order chi connectivity index (χ0) is 22.6. The maximum Gasteiger partial charge on any atom is 0.228 e. The largest absolute Gasteiger partial charge is 0.355 e. The smallest absolute Gasteiger partial charge is 0.228 e. The van der Waals surface area contributed by atoms with Crippen molar-refractivity contribution < 1.29 is 4.79 Å². The minimum Gasteiger partial charge on any atom is -0.355 e. The van der Waals surface area contributed by atoms with E-state index in [4.69, 9.17) is 0 Å². The molecule has 3 aromatic rings. The SMILES string of the molecule is CN1CCN(c2cc(NC(=O)C3CCN(c4ccc(-n5cccn5)nn4)CC3)ncn2)CC1. The highest BCUT2D eigenvalue weighted by molar-refractivity contribution is 5.92. The normalized spacial score (nSPS) is 17.8. The lowest BCUT2D eigenvalue weighted by Crippen LogP contribution is -2.44. The van der Waals surface area contributed by atoms with Gasteiger partial charge in [-0.25, -0.2) is 14.6 Å². The predicted octanol–water partition coefficient (Wildman–Crippen LogP) is 1.06. The molecule has 1 amide bonds. The summed E-state index contributed by atoms with van der Waals surface area (Å²) in [7, 11) is 2.12. The fourth-order valence-corrected chi connectivity index (χ4v) is 4.24. The van der Waals surface area contributed by atoms with Crippen molar-refractivity contribution in [2.75, 3.05) is 61.4 Å². The van der Waals surface area contributed by atoms with Gasteiger partial charge in [-0.2, -0.15) is 5.10 Å². The van der Waals surface area contributed by atoms with E-state index in [2.05, 4.69) is 52.3 Å². The monoisotopic (exact) mass is 448 g/mol. The Morgan fingerprint density at radius 2 is 1.67 bits per heavy atom. The third kappa shape index (κ3) is 4.92. The summed E-state index contributed by atoms with van der Waals surface area (Å²) < 4.78 is 1.68. The first kappa shape index (κ1) is 21.3. The lowest BCUT2D eigenvalue weighted by molar-refractivity contribution is -0.120. The highest BCUT2D eigenvalue weighted by Gasteiger charge is 2.26. The molecule has 2 saturated heterocycles. The van der Waals surface area contributed by atoms with Crippen molar-refractivity contribution in [2.45, 2.75) is 12.8 Å².